The van der Waals surface area contributed by atoms with E-state index in [2.05, 4.69) is 0 Å². The Morgan fingerprint density at radius 3 is 0.750 bits per heavy atom. The monoisotopic (exact) mass is 304 g/mol. The first-order valence-corrected chi connectivity index (χ1v) is 27.0. The molecule has 0 spiro atoms. The molecule has 0 N–H and O–H groups in total. The van der Waals surface area contributed by atoms with Gasteiger partial charge in [0.2, 0.25) is 0 Å². The molecule has 1 saturated heterocycles. The summed E-state index contributed by atoms with van der Waals surface area (Å²) in [4.78, 5) is 0. The molecule has 0 unspecified atom stereocenters. The molecule has 0 amide bonds. The van der Waals surface area contributed by atoms with Crippen LogP contribution in [-0.2, 0) is 0 Å². The van der Waals surface area contributed by atoms with Crippen LogP contribution in [0.25, 0.3) is 0 Å². The Balaban J connectivity index is 2.00. The third-order valence-electron chi connectivity index (χ3n) is 0.250. The molecule has 0 aliphatic carbocycles. The fourth-order valence-corrected chi connectivity index (χ4v) is 45.6. The fraction of sp³-hybridized carbons (Fsp3) is 0. The molecule has 0 aromatic heterocycles. The summed E-state index contributed by atoms with van der Waals surface area (Å²) in [5, 5.41) is 0. The van der Waals surface area contributed by atoms with Gasteiger partial charge in [-0.2, -0.15) is 0 Å². The van der Waals surface area contributed by atoms with E-state index in [0.717, 1.165) is 46.5 Å². The van der Waals surface area contributed by atoms with Crippen molar-refractivity contribution in [3.05, 3.63) is 0 Å². The van der Waals surface area contributed by atoms with Crippen LogP contribution < -0.4 is 0 Å². The predicted molar refractivity (Wildman–Crippen MR) is 28.6 cm³/mol. The van der Waals surface area contributed by atoms with Crippen molar-refractivity contribution in [2.45, 2.75) is 0 Å². The van der Waals surface area contributed by atoms with E-state index in [4.69, 9.17) is 0 Å². The molecule has 0 atom stereocenters. The summed E-state index contributed by atoms with van der Waals surface area (Å²) in [6.07, 6.45) is 0. The van der Waals surface area contributed by atoms with Crippen LogP contribution in [0.15, 0.2) is 0 Å². The Kier molecular flexibility index (Phi) is 2.65. The van der Waals surface area contributed by atoms with Crippen molar-refractivity contribution in [1.29, 1.82) is 0 Å². The van der Waals surface area contributed by atoms with Crippen LogP contribution >= 0.6 is 0 Å². The standard InChI is InChI=1S/As4H4/c1-2-4-3-1/h1-4H. The summed E-state index contributed by atoms with van der Waals surface area (Å²) in [6.45, 7) is 0. The van der Waals surface area contributed by atoms with Crippen LogP contribution in [0.5, 0.6) is 0 Å². The summed E-state index contributed by atoms with van der Waals surface area (Å²) in [7, 11) is 0. The van der Waals surface area contributed by atoms with Gasteiger partial charge < -0.3 is 0 Å². The van der Waals surface area contributed by atoms with Crippen LogP contribution in [0, 0.1) is 0 Å². The molecule has 4 heteroatoms. The molecule has 0 radical (unpaired) electrons. The number of hydrogen-bond donors (Lipinski definition) is 0. The molecule has 0 aromatic rings. The van der Waals surface area contributed by atoms with Gasteiger partial charge >= 0.3 is 46.5 Å². The second-order valence-electron chi connectivity index (χ2n) is 0.500. The zero-order valence-electron chi connectivity index (χ0n) is 2.00. The molecule has 0 aromatic carbocycles. The summed E-state index contributed by atoms with van der Waals surface area (Å²) in [5.74, 6) is 0. The Hall–Kier alpha value is 2.23. The molecular weight excluding hydrogens is 300 g/mol. The van der Waals surface area contributed by atoms with Crippen molar-refractivity contribution in [3.8, 4) is 0 Å². The van der Waals surface area contributed by atoms with Gasteiger partial charge in [0.1, 0.15) is 0 Å². The molecule has 1 heterocycles. The number of rotatable bonds is 0. The molecule has 1 aliphatic heterocycles. The van der Waals surface area contributed by atoms with Gasteiger partial charge in [-0.25, -0.2) is 0 Å². The predicted octanol–water partition coefficient (Wildman–Crippen LogP) is -2.59. The zero-order valence-corrected chi connectivity index (χ0v) is 10.4. The van der Waals surface area contributed by atoms with Crippen LogP contribution in [0.4, 0.5) is 0 Å². The maximum absolute atomic E-state index is 1.00. The van der Waals surface area contributed by atoms with Gasteiger partial charge in [-0.1, -0.05) is 0 Å². The van der Waals surface area contributed by atoms with Crippen molar-refractivity contribution in [3.63, 3.8) is 0 Å². The Bertz CT molecular complexity index is 8.00. The van der Waals surface area contributed by atoms with Gasteiger partial charge in [0, 0.05) is 0 Å². The second-order valence-corrected chi connectivity index (χ2v) is 70.1. The minimum absolute atomic E-state index is 1.00. The van der Waals surface area contributed by atoms with Crippen molar-refractivity contribution in [2.24, 2.45) is 0 Å². The molecule has 1 rings (SSSR count). The van der Waals surface area contributed by atoms with Crippen LogP contribution in [0.2, 0.25) is 0 Å². The fourth-order valence-electron chi connectivity index (χ4n) is 0.0625. The average molecular weight is 304 g/mol. The van der Waals surface area contributed by atoms with Crippen molar-refractivity contribution < 1.29 is 0 Å². The molecule has 1 fully saturated rings. The summed E-state index contributed by atoms with van der Waals surface area (Å²) < 4.78 is 0. The van der Waals surface area contributed by atoms with Gasteiger partial charge in [-0.15, -0.1) is 0 Å². The third kappa shape index (κ3) is 1.14. The Labute approximate surface area is 45.8 Å². The minimum atomic E-state index is 1.00. The van der Waals surface area contributed by atoms with E-state index in [1.165, 1.54) is 0 Å². The Morgan fingerprint density at radius 1 is 0.500 bits per heavy atom. The zero-order chi connectivity index (χ0) is 2.83. The molecule has 0 saturated carbocycles. The first-order chi connectivity index (χ1) is 2.00. The molecular formula is H4As4. The van der Waals surface area contributed by atoms with Gasteiger partial charge in [-0.05, 0) is 0 Å². The van der Waals surface area contributed by atoms with Crippen LogP contribution in [0.1, 0.15) is 0 Å². The maximum atomic E-state index is 1.00. The summed E-state index contributed by atoms with van der Waals surface area (Å²) >= 11 is 4.00. The van der Waals surface area contributed by atoms with Crippen molar-refractivity contribution in [1.82, 2.24) is 0 Å². The van der Waals surface area contributed by atoms with E-state index in [9.17, 15) is 0 Å². The summed E-state index contributed by atoms with van der Waals surface area (Å²) in [6, 6.07) is 0. The average Bonchev–Trinajstić information content (AvgIpc) is 0.722. The molecule has 0 nitrogen and oxygen atoms in total. The first-order valence-electron chi connectivity index (χ1n) is 1.00. The summed E-state index contributed by atoms with van der Waals surface area (Å²) in [5.41, 5.74) is 0. The number of hydrogen-bond acceptors (Lipinski definition) is 0. The topological polar surface area (TPSA) is 0 Å². The van der Waals surface area contributed by atoms with Crippen molar-refractivity contribution in [2.75, 3.05) is 0 Å². The van der Waals surface area contributed by atoms with E-state index in [0.29, 0.717) is 0 Å². The van der Waals surface area contributed by atoms with Crippen LogP contribution in [-0.4, -0.2) is 46.5 Å². The van der Waals surface area contributed by atoms with Gasteiger partial charge in [-0.3, -0.25) is 0 Å². The second kappa shape index (κ2) is 2.41. The van der Waals surface area contributed by atoms with E-state index in [-0.39, 0.29) is 0 Å². The normalized spacial score (nSPS) is 48.0. The van der Waals surface area contributed by atoms with Gasteiger partial charge in [0.15, 0.2) is 0 Å². The molecule has 1 aliphatic rings. The molecule has 24 valence electrons. The SMILES string of the molecule is [AsH]1[AsH][AsH][AsH]1. The quantitative estimate of drug-likeness (QED) is 0.431. The first kappa shape index (κ1) is 4.39. The van der Waals surface area contributed by atoms with E-state index in [1.807, 2.05) is 0 Å². The van der Waals surface area contributed by atoms with E-state index < -0.39 is 0 Å². The van der Waals surface area contributed by atoms with Crippen LogP contribution in [0.3, 0.4) is 0 Å². The Morgan fingerprint density at radius 2 is 0.750 bits per heavy atom. The van der Waals surface area contributed by atoms with E-state index in [1.54, 1.807) is 0 Å². The molecule has 4 heavy (non-hydrogen) atoms. The molecule has 0 bridgehead atoms. The van der Waals surface area contributed by atoms with Crippen molar-refractivity contribution >= 4 is 46.5 Å². The van der Waals surface area contributed by atoms with E-state index >= 15 is 0 Å². The third-order valence-corrected chi connectivity index (χ3v) is 182. The van der Waals surface area contributed by atoms with Gasteiger partial charge in [0.25, 0.3) is 0 Å². The van der Waals surface area contributed by atoms with Gasteiger partial charge in [0.05, 0.1) is 0 Å².